The molecule has 9 heteroatoms. The summed E-state index contributed by atoms with van der Waals surface area (Å²) in [6.07, 6.45) is 2.55. The number of nitrogens with zero attached hydrogens (tertiary/aromatic N) is 3. The molecule has 2 amide bonds. The van der Waals surface area contributed by atoms with Gasteiger partial charge in [0, 0.05) is 17.8 Å². The number of hydrazine groups is 1. The minimum Gasteiger partial charge on any atom is -0.456 e. The molecule has 0 atom stereocenters. The van der Waals surface area contributed by atoms with Gasteiger partial charge >= 0.3 is 5.97 Å². The average Bonchev–Trinajstić information content (AvgIpc) is 3.18. The van der Waals surface area contributed by atoms with Crippen LogP contribution >= 0.6 is 11.3 Å². The Morgan fingerprint density at radius 2 is 2.04 bits per heavy atom. The van der Waals surface area contributed by atoms with Crippen molar-refractivity contribution in [1.29, 1.82) is 0 Å². The summed E-state index contributed by atoms with van der Waals surface area (Å²) in [6.45, 7) is 6.86. The van der Waals surface area contributed by atoms with Crippen LogP contribution in [0.4, 0.5) is 5.95 Å². The van der Waals surface area contributed by atoms with Gasteiger partial charge in [-0.15, -0.1) is 11.3 Å². The van der Waals surface area contributed by atoms with Crippen molar-refractivity contribution >= 4 is 35.1 Å². The predicted octanol–water partition coefficient (Wildman–Crippen LogP) is 2.80. The second-order valence-corrected chi connectivity index (χ2v) is 7.80. The smallest absolute Gasteiger partial charge is 0.342 e. The molecule has 27 heavy (non-hydrogen) atoms. The highest BCUT2D eigenvalue weighted by Crippen LogP contribution is 2.28. The van der Waals surface area contributed by atoms with Crippen molar-refractivity contribution in [3.05, 3.63) is 40.9 Å². The molecular formula is C18H18N4O4S. The molecule has 0 bridgehead atoms. The van der Waals surface area contributed by atoms with Gasteiger partial charge in [0.2, 0.25) is 5.95 Å². The zero-order chi connectivity index (χ0) is 19.8. The van der Waals surface area contributed by atoms with Crippen LogP contribution in [0, 0.1) is 0 Å². The first-order valence-corrected chi connectivity index (χ1v) is 9.01. The van der Waals surface area contributed by atoms with Crippen molar-refractivity contribution in [2.45, 2.75) is 33.3 Å². The summed E-state index contributed by atoms with van der Waals surface area (Å²) in [5, 5.41) is 2.68. The van der Waals surface area contributed by atoms with E-state index >= 15 is 0 Å². The topological polar surface area (TPSA) is 101 Å². The average molecular weight is 386 g/mol. The zero-order valence-electron chi connectivity index (χ0n) is 15.3. The van der Waals surface area contributed by atoms with E-state index in [1.54, 1.807) is 27.7 Å². The normalized spacial score (nSPS) is 14.4. The number of anilines is 1. The van der Waals surface area contributed by atoms with Gasteiger partial charge in [-0.3, -0.25) is 15.0 Å². The minimum atomic E-state index is -0.668. The molecule has 2 aromatic heterocycles. The standard InChI is InChI=1S/C18H18N4O4S/c1-10-8-13(23)22(15(10)24)21-17-19-9-11(16(25)26-18(2,3)4)14(20-17)12-6-5-7-27-12/h5-9H,1-4H3,(H,19,20,21). The number of aromatic nitrogens is 2. The first kappa shape index (κ1) is 18.7. The minimum absolute atomic E-state index is 0.0236. The highest BCUT2D eigenvalue weighted by atomic mass is 32.1. The summed E-state index contributed by atoms with van der Waals surface area (Å²) in [6, 6.07) is 3.64. The number of thiophene rings is 1. The Labute approximate surface area is 159 Å². The Morgan fingerprint density at radius 3 is 2.59 bits per heavy atom. The maximum absolute atomic E-state index is 12.5. The Kier molecular flexibility index (Phi) is 4.79. The lowest BCUT2D eigenvalue weighted by atomic mass is 10.1. The number of imide groups is 1. The summed E-state index contributed by atoms with van der Waals surface area (Å²) in [7, 11) is 0. The lowest BCUT2D eigenvalue weighted by molar-refractivity contribution is -0.135. The van der Waals surface area contributed by atoms with E-state index in [1.165, 1.54) is 23.6 Å². The Bertz CT molecular complexity index is 945. The largest absolute Gasteiger partial charge is 0.456 e. The molecule has 0 saturated carbocycles. The number of rotatable bonds is 4. The molecule has 0 spiro atoms. The molecule has 0 aromatic carbocycles. The van der Waals surface area contributed by atoms with Gasteiger partial charge in [-0.2, -0.15) is 5.01 Å². The van der Waals surface area contributed by atoms with Crippen LogP contribution < -0.4 is 5.43 Å². The number of carbonyl (C=O) groups excluding carboxylic acids is 3. The van der Waals surface area contributed by atoms with Crippen molar-refractivity contribution in [3.8, 4) is 10.6 Å². The van der Waals surface area contributed by atoms with Gasteiger partial charge in [0.25, 0.3) is 11.8 Å². The summed E-state index contributed by atoms with van der Waals surface area (Å²) in [5.41, 5.74) is 2.81. The van der Waals surface area contributed by atoms with Crippen molar-refractivity contribution < 1.29 is 19.1 Å². The maximum Gasteiger partial charge on any atom is 0.342 e. The molecule has 0 fully saturated rings. The number of nitrogens with one attached hydrogen (secondary N) is 1. The fourth-order valence-corrected chi connectivity index (χ4v) is 3.04. The predicted molar refractivity (Wildman–Crippen MR) is 99.7 cm³/mol. The Hall–Kier alpha value is -3.07. The first-order chi connectivity index (χ1) is 12.7. The van der Waals surface area contributed by atoms with Gasteiger partial charge in [-0.05, 0) is 39.1 Å². The van der Waals surface area contributed by atoms with E-state index in [9.17, 15) is 14.4 Å². The number of amides is 2. The third-order valence-electron chi connectivity index (χ3n) is 3.47. The van der Waals surface area contributed by atoms with Crippen molar-refractivity contribution in [2.75, 3.05) is 5.43 Å². The van der Waals surface area contributed by atoms with E-state index in [1.807, 2.05) is 17.5 Å². The van der Waals surface area contributed by atoms with Crippen molar-refractivity contribution in [1.82, 2.24) is 15.0 Å². The number of esters is 1. The molecule has 1 aliphatic rings. The highest BCUT2D eigenvalue weighted by molar-refractivity contribution is 7.13. The molecule has 0 saturated heterocycles. The van der Waals surface area contributed by atoms with Gasteiger partial charge in [0.05, 0.1) is 4.88 Å². The van der Waals surface area contributed by atoms with E-state index in [4.69, 9.17) is 4.74 Å². The van der Waals surface area contributed by atoms with Crippen LogP contribution in [0.5, 0.6) is 0 Å². The third kappa shape index (κ3) is 4.03. The first-order valence-electron chi connectivity index (χ1n) is 8.13. The second kappa shape index (κ2) is 6.92. The number of carbonyl (C=O) groups is 3. The monoisotopic (exact) mass is 386 g/mol. The molecule has 1 N–H and O–H groups in total. The van der Waals surface area contributed by atoms with Crippen LogP contribution in [0.1, 0.15) is 38.1 Å². The number of ether oxygens (including phenoxy) is 1. The Morgan fingerprint density at radius 1 is 1.30 bits per heavy atom. The quantitative estimate of drug-likeness (QED) is 0.637. The fourth-order valence-electron chi connectivity index (χ4n) is 2.31. The van der Waals surface area contributed by atoms with E-state index in [2.05, 4.69) is 15.4 Å². The van der Waals surface area contributed by atoms with E-state index < -0.39 is 23.4 Å². The van der Waals surface area contributed by atoms with Crippen LogP contribution in [0.25, 0.3) is 10.6 Å². The van der Waals surface area contributed by atoms with Crippen LogP contribution in [0.2, 0.25) is 0 Å². The molecule has 8 nitrogen and oxygen atoms in total. The van der Waals surface area contributed by atoms with E-state index in [-0.39, 0.29) is 11.5 Å². The summed E-state index contributed by atoms with van der Waals surface area (Å²) >= 11 is 1.39. The van der Waals surface area contributed by atoms with E-state index in [0.717, 1.165) is 9.89 Å². The van der Waals surface area contributed by atoms with Crippen LogP contribution in [0.15, 0.2) is 35.4 Å². The maximum atomic E-state index is 12.5. The highest BCUT2D eigenvalue weighted by Gasteiger charge is 2.30. The van der Waals surface area contributed by atoms with Gasteiger partial charge in [-0.25, -0.2) is 14.8 Å². The van der Waals surface area contributed by atoms with Crippen LogP contribution in [-0.2, 0) is 14.3 Å². The zero-order valence-corrected chi connectivity index (χ0v) is 16.1. The van der Waals surface area contributed by atoms with Crippen molar-refractivity contribution in [2.24, 2.45) is 0 Å². The van der Waals surface area contributed by atoms with Crippen LogP contribution in [0.3, 0.4) is 0 Å². The molecule has 1 aliphatic heterocycles. The van der Waals surface area contributed by atoms with E-state index in [0.29, 0.717) is 11.3 Å². The number of hydrogen-bond acceptors (Lipinski definition) is 8. The van der Waals surface area contributed by atoms with Gasteiger partial charge in [0.15, 0.2) is 0 Å². The van der Waals surface area contributed by atoms with Crippen molar-refractivity contribution in [3.63, 3.8) is 0 Å². The Balaban J connectivity index is 1.95. The van der Waals surface area contributed by atoms with Gasteiger partial charge in [0.1, 0.15) is 16.9 Å². The summed E-state index contributed by atoms with van der Waals surface area (Å²) in [5.74, 6) is -1.51. The van der Waals surface area contributed by atoms with Crippen LogP contribution in [-0.4, -0.2) is 38.4 Å². The third-order valence-corrected chi connectivity index (χ3v) is 4.35. The molecular weight excluding hydrogens is 368 g/mol. The molecule has 0 radical (unpaired) electrons. The molecule has 3 heterocycles. The lowest BCUT2D eigenvalue weighted by Crippen LogP contribution is -2.37. The SMILES string of the molecule is CC1=CC(=O)N(Nc2ncc(C(=O)OC(C)(C)C)c(-c3cccs3)n2)C1=O. The molecule has 0 aliphatic carbocycles. The summed E-state index contributed by atoms with van der Waals surface area (Å²) < 4.78 is 5.42. The van der Waals surface area contributed by atoms with Gasteiger partial charge < -0.3 is 4.74 Å². The lowest BCUT2D eigenvalue weighted by Gasteiger charge is -2.20. The fraction of sp³-hybridized carbons (Fsp3) is 0.278. The second-order valence-electron chi connectivity index (χ2n) is 6.85. The summed E-state index contributed by atoms with van der Waals surface area (Å²) in [4.78, 5) is 45.6. The molecule has 0 unspecified atom stereocenters. The number of hydrogen-bond donors (Lipinski definition) is 1. The molecule has 2 aromatic rings. The molecule has 3 rings (SSSR count). The molecule has 140 valence electrons. The van der Waals surface area contributed by atoms with Gasteiger partial charge in [-0.1, -0.05) is 6.07 Å².